The number of nitrogens with one attached hydrogen (secondary N) is 1. The van der Waals surface area contributed by atoms with Gasteiger partial charge in [-0.25, -0.2) is 8.42 Å². The van der Waals surface area contributed by atoms with Crippen LogP contribution in [0.15, 0.2) is 30.3 Å². The standard InChI is InChI=1S/C24H38N4O4S/c29-23(25-21-24(9-5-2-6-10-24)27-15-17-32-18-16-27)19-26-11-13-28(14-12-26)33(30,31)20-22-7-3-1-4-8-22/h1,3-4,7-8H,2,5-6,9-21H2,(H,25,29). The Morgan fingerprint density at radius 3 is 2.27 bits per heavy atom. The molecule has 0 aromatic heterocycles. The van der Waals surface area contributed by atoms with Crippen molar-refractivity contribution in [3.05, 3.63) is 35.9 Å². The molecular formula is C24H38N4O4S. The van der Waals surface area contributed by atoms with E-state index in [9.17, 15) is 13.2 Å². The first-order valence-corrected chi connectivity index (χ1v) is 13.9. The summed E-state index contributed by atoms with van der Waals surface area (Å²) in [7, 11) is -3.34. The van der Waals surface area contributed by atoms with Crippen LogP contribution < -0.4 is 5.32 Å². The normalized spacial score (nSPS) is 23.3. The van der Waals surface area contributed by atoms with Gasteiger partial charge in [0.05, 0.1) is 25.5 Å². The first-order chi connectivity index (χ1) is 16.0. The van der Waals surface area contributed by atoms with Gasteiger partial charge < -0.3 is 10.1 Å². The lowest BCUT2D eigenvalue weighted by Crippen LogP contribution is -2.60. The number of hydrogen-bond donors (Lipinski definition) is 1. The molecule has 1 saturated carbocycles. The first-order valence-electron chi connectivity index (χ1n) is 12.3. The monoisotopic (exact) mass is 478 g/mol. The molecule has 184 valence electrons. The average Bonchev–Trinajstić information content (AvgIpc) is 2.85. The van der Waals surface area contributed by atoms with E-state index >= 15 is 0 Å². The summed E-state index contributed by atoms with van der Waals surface area (Å²) in [6.45, 7) is 6.46. The Bertz CT molecular complexity index is 860. The van der Waals surface area contributed by atoms with E-state index in [1.165, 1.54) is 19.3 Å². The molecule has 33 heavy (non-hydrogen) atoms. The van der Waals surface area contributed by atoms with Crippen molar-refractivity contribution in [2.75, 3.05) is 65.6 Å². The van der Waals surface area contributed by atoms with Gasteiger partial charge in [-0.05, 0) is 18.4 Å². The Kier molecular flexibility index (Phi) is 8.40. The molecule has 0 spiro atoms. The van der Waals surface area contributed by atoms with E-state index in [2.05, 4.69) is 15.1 Å². The summed E-state index contributed by atoms with van der Waals surface area (Å²) >= 11 is 0. The Labute approximate surface area is 198 Å². The van der Waals surface area contributed by atoms with Crippen LogP contribution in [0.4, 0.5) is 0 Å². The molecule has 2 heterocycles. The van der Waals surface area contributed by atoms with Gasteiger partial charge in [-0.15, -0.1) is 0 Å². The van der Waals surface area contributed by atoms with E-state index in [4.69, 9.17) is 4.74 Å². The molecule has 2 saturated heterocycles. The van der Waals surface area contributed by atoms with Gasteiger partial charge in [0.15, 0.2) is 0 Å². The molecule has 0 atom stereocenters. The Morgan fingerprint density at radius 1 is 0.939 bits per heavy atom. The zero-order valence-electron chi connectivity index (χ0n) is 19.6. The second kappa shape index (κ2) is 11.3. The third-order valence-corrected chi connectivity index (χ3v) is 9.21. The Balaban J connectivity index is 1.24. The summed E-state index contributed by atoms with van der Waals surface area (Å²) in [6, 6.07) is 9.29. The summed E-state index contributed by atoms with van der Waals surface area (Å²) in [5, 5.41) is 3.22. The maximum Gasteiger partial charge on any atom is 0.234 e. The third kappa shape index (κ3) is 6.54. The van der Waals surface area contributed by atoms with Crippen molar-refractivity contribution in [3.63, 3.8) is 0 Å². The van der Waals surface area contributed by atoms with Crippen molar-refractivity contribution >= 4 is 15.9 Å². The molecule has 8 nitrogen and oxygen atoms in total. The summed E-state index contributed by atoms with van der Waals surface area (Å²) in [6.07, 6.45) is 5.97. The highest BCUT2D eigenvalue weighted by Gasteiger charge is 2.39. The van der Waals surface area contributed by atoms with Gasteiger partial charge in [-0.3, -0.25) is 14.6 Å². The lowest BCUT2D eigenvalue weighted by molar-refractivity contribution is -0.123. The van der Waals surface area contributed by atoms with Gasteiger partial charge in [0.25, 0.3) is 0 Å². The largest absolute Gasteiger partial charge is 0.379 e. The molecule has 0 bridgehead atoms. The molecule has 4 rings (SSSR count). The second-order valence-electron chi connectivity index (χ2n) is 9.58. The maximum atomic E-state index is 12.8. The van der Waals surface area contributed by atoms with Crippen LogP contribution in [0.3, 0.4) is 0 Å². The SMILES string of the molecule is O=C(CN1CCN(S(=O)(=O)Cc2ccccc2)CC1)NCC1(N2CCOCC2)CCCCC1. The first kappa shape index (κ1) is 24.6. The summed E-state index contributed by atoms with van der Waals surface area (Å²) in [5.41, 5.74) is 0.859. The van der Waals surface area contributed by atoms with E-state index in [1.807, 2.05) is 30.3 Å². The predicted octanol–water partition coefficient (Wildman–Crippen LogP) is 1.29. The van der Waals surface area contributed by atoms with Gasteiger partial charge in [-0.1, -0.05) is 49.6 Å². The van der Waals surface area contributed by atoms with Gasteiger partial charge in [0, 0.05) is 51.4 Å². The quantitative estimate of drug-likeness (QED) is 0.606. The van der Waals surface area contributed by atoms with Gasteiger partial charge in [-0.2, -0.15) is 4.31 Å². The zero-order valence-corrected chi connectivity index (χ0v) is 20.4. The minimum absolute atomic E-state index is 0.0257. The molecular weight excluding hydrogens is 440 g/mol. The van der Waals surface area contributed by atoms with E-state index < -0.39 is 10.0 Å². The highest BCUT2D eigenvalue weighted by Crippen LogP contribution is 2.33. The molecule has 3 aliphatic rings. The Hall–Kier alpha value is -1.52. The van der Waals surface area contributed by atoms with Crippen molar-refractivity contribution in [2.24, 2.45) is 0 Å². The minimum Gasteiger partial charge on any atom is -0.379 e. The lowest BCUT2D eigenvalue weighted by Gasteiger charge is -2.48. The molecule has 0 radical (unpaired) electrons. The van der Waals surface area contributed by atoms with Gasteiger partial charge in [0.2, 0.25) is 15.9 Å². The molecule has 1 aliphatic carbocycles. The number of carbonyl (C=O) groups is 1. The van der Waals surface area contributed by atoms with Crippen LogP contribution in [-0.2, 0) is 25.3 Å². The smallest absolute Gasteiger partial charge is 0.234 e. The maximum absolute atomic E-state index is 12.8. The summed E-state index contributed by atoms with van der Waals surface area (Å²) in [4.78, 5) is 17.4. The fraction of sp³-hybridized carbons (Fsp3) is 0.708. The van der Waals surface area contributed by atoms with Crippen molar-refractivity contribution in [2.45, 2.75) is 43.4 Å². The summed E-state index contributed by atoms with van der Waals surface area (Å²) in [5.74, 6) is 0.0617. The fourth-order valence-electron chi connectivity index (χ4n) is 5.42. The van der Waals surface area contributed by atoms with Crippen molar-refractivity contribution in [1.29, 1.82) is 0 Å². The van der Waals surface area contributed by atoms with Crippen LogP contribution in [0.5, 0.6) is 0 Å². The second-order valence-corrected chi connectivity index (χ2v) is 11.5. The summed E-state index contributed by atoms with van der Waals surface area (Å²) < 4.78 is 32.6. The molecule has 2 aliphatic heterocycles. The molecule has 1 N–H and O–H groups in total. The number of piperazine rings is 1. The fourth-order valence-corrected chi connectivity index (χ4v) is 6.93. The highest BCUT2D eigenvalue weighted by molar-refractivity contribution is 7.88. The van der Waals surface area contributed by atoms with Crippen LogP contribution in [0.2, 0.25) is 0 Å². The third-order valence-electron chi connectivity index (χ3n) is 7.36. The average molecular weight is 479 g/mol. The topological polar surface area (TPSA) is 82.2 Å². The molecule has 0 unspecified atom stereocenters. The molecule has 1 aromatic rings. The van der Waals surface area contributed by atoms with Crippen molar-refractivity contribution in [1.82, 2.24) is 19.4 Å². The van der Waals surface area contributed by atoms with Crippen LogP contribution in [0.25, 0.3) is 0 Å². The molecule has 3 fully saturated rings. The van der Waals surface area contributed by atoms with Crippen LogP contribution in [0.1, 0.15) is 37.7 Å². The van der Waals surface area contributed by atoms with E-state index in [0.29, 0.717) is 39.3 Å². The minimum atomic E-state index is -3.34. The number of hydrogen-bond acceptors (Lipinski definition) is 6. The van der Waals surface area contributed by atoms with Gasteiger partial charge >= 0.3 is 0 Å². The van der Waals surface area contributed by atoms with E-state index in [0.717, 1.165) is 44.7 Å². The predicted molar refractivity (Wildman–Crippen MR) is 128 cm³/mol. The van der Waals surface area contributed by atoms with Crippen molar-refractivity contribution < 1.29 is 17.9 Å². The number of morpholine rings is 1. The highest BCUT2D eigenvalue weighted by atomic mass is 32.2. The number of sulfonamides is 1. The Morgan fingerprint density at radius 2 is 1.61 bits per heavy atom. The van der Waals surface area contributed by atoms with E-state index in [-0.39, 0.29) is 17.2 Å². The van der Waals surface area contributed by atoms with E-state index in [1.54, 1.807) is 4.31 Å². The van der Waals surface area contributed by atoms with Crippen LogP contribution in [-0.4, -0.2) is 99.5 Å². The number of carbonyl (C=O) groups excluding carboxylic acids is 1. The lowest BCUT2D eigenvalue weighted by atomic mass is 9.79. The van der Waals surface area contributed by atoms with Gasteiger partial charge in [0.1, 0.15) is 0 Å². The zero-order chi connectivity index (χ0) is 23.2. The van der Waals surface area contributed by atoms with Crippen LogP contribution >= 0.6 is 0 Å². The number of amides is 1. The number of ether oxygens (including phenoxy) is 1. The number of benzene rings is 1. The molecule has 1 aromatic carbocycles. The van der Waals surface area contributed by atoms with Crippen LogP contribution in [0, 0.1) is 0 Å². The molecule has 9 heteroatoms. The van der Waals surface area contributed by atoms with Crippen molar-refractivity contribution in [3.8, 4) is 0 Å². The number of nitrogens with zero attached hydrogens (tertiary/aromatic N) is 3. The molecule has 1 amide bonds. The number of rotatable bonds is 8.